The van der Waals surface area contributed by atoms with E-state index in [1.54, 1.807) is 0 Å². The fraction of sp³-hybridized carbons (Fsp3) is 0.533. The highest BCUT2D eigenvalue weighted by Gasteiger charge is 2.30. The Bertz CT molecular complexity index is 562. The summed E-state index contributed by atoms with van der Waals surface area (Å²) in [5, 5.41) is 3.60. The van der Waals surface area contributed by atoms with E-state index in [-0.39, 0.29) is 0 Å². The van der Waals surface area contributed by atoms with E-state index in [1.807, 2.05) is 0 Å². The van der Waals surface area contributed by atoms with Gasteiger partial charge in [-0.2, -0.15) is 0 Å². The Kier molecular flexibility index (Phi) is 2.40. The zero-order valence-corrected chi connectivity index (χ0v) is 10.6. The minimum Gasteiger partial charge on any atom is -0.326 e. The number of benzene rings is 1. The number of aromatic nitrogens is 2. The lowest BCUT2D eigenvalue weighted by Gasteiger charge is -2.14. The molecule has 1 atom stereocenters. The molecule has 1 saturated carbocycles. The van der Waals surface area contributed by atoms with Crippen LogP contribution in [0.1, 0.15) is 37.4 Å². The van der Waals surface area contributed by atoms with Crippen LogP contribution < -0.4 is 5.32 Å². The minimum absolute atomic E-state index is 0.639. The van der Waals surface area contributed by atoms with Crippen molar-refractivity contribution in [1.82, 2.24) is 14.9 Å². The number of hydrogen-bond acceptors (Lipinski definition) is 2. The van der Waals surface area contributed by atoms with Crippen molar-refractivity contribution in [2.45, 2.75) is 44.2 Å². The van der Waals surface area contributed by atoms with Gasteiger partial charge in [0.1, 0.15) is 5.82 Å². The van der Waals surface area contributed by atoms with Gasteiger partial charge < -0.3 is 9.88 Å². The van der Waals surface area contributed by atoms with Gasteiger partial charge in [-0.25, -0.2) is 4.98 Å². The first-order valence-electron chi connectivity index (χ1n) is 7.10. The second kappa shape index (κ2) is 4.09. The van der Waals surface area contributed by atoms with Crippen LogP contribution in [0.3, 0.4) is 0 Å². The predicted molar refractivity (Wildman–Crippen MR) is 72.7 cm³/mol. The molecule has 2 heterocycles. The maximum atomic E-state index is 4.85. The summed E-state index contributed by atoms with van der Waals surface area (Å²) in [6.45, 7) is 2.27. The Morgan fingerprint density at radius 2 is 2.11 bits per heavy atom. The number of imidazole rings is 1. The Morgan fingerprint density at radius 1 is 1.22 bits per heavy atom. The molecule has 1 unspecified atom stereocenters. The lowest BCUT2D eigenvalue weighted by molar-refractivity contribution is 0.505. The van der Waals surface area contributed by atoms with Gasteiger partial charge >= 0.3 is 0 Å². The van der Waals surface area contributed by atoms with Crippen molar-refractivity contribution in [3.63, 3.8) is 0 Å². The predicted octanol–water partition coefficient (Wildman–Crippen LogP) is 2.67. The van der Waals surface area contributed by atoms with Crippen molar-refractivity contribution in [1.29, 1.82) is 0 Å². The molecule has 0 radical (unpaired) electrons. The maximum absolute atomic E-state index is 4.85. The normalized spacial score (nSPS) is 23.9. The molecule has 0 bridgehead atoms. The Hall–Kier alpha value is -1.35. The standard InChI is InChI=1S/C15H19N3/c1-2-6-14-13(5-1)17-15(11-7-8-11)18(14)10-12-4-3-9-16-12/h1-2,5-6,11-12,16H,3-4,7-10H2. The van der Waals surface area contributed by atoms with E-state index in [1.165, 1.54) is 43.6 Å². The molecule has 1 aliphatic carbocycles. The highest BCUT2D eigenvalue weighted by Crippen LogP contribution is 2.40. The summed E-state index contributed by atoms with van der Waals surface area (Å²) >= 11 is 0. The fourth-order valence-corrected chi connectivity index (χ4v) is 3.07. The van der Waals surface area contributed by atoms with Crippen LogP contribution in [-0.2, 0) is 6.54 Å². The first kappa shape index (κ1) is 10.6. The molecule has 4 rings (SSSR count). The summed E-state index contributed by atoms with van der Waals surface area (Å²) in [6, 6.07) is 9.20. The van der Waals surface area contributed by atoms with Gasteiger partial charge in [0.15, 0.2) is 0 Å². The van der Waals surface area contributed by atoms with Crippen LogP contribution in [0.4, 0.5) is 0 Å². The van der Waals surface area contributed by atoms with E-state index in [0.29, 0.717) is 6.04 Å². The van der Waals surface area contributed by atoms with Crippen LogP contribution >= 0.6 is 0 Å². The third-order valence-corrected chi connectivity index (χ3v) is 4.19. The lowest BCUT2D eigenvalue weighted by atomic mass is 10.2. The Labute approximate surface area is 107 Å². The van der Waals surface area contributed by atoms with Gasteiger partial charge in [0, 0.05) is 18.5 Å². The van der Waals surface area contributed by atoms with Crippen molar-refractivity contribution >= 4 is 11.0 Å². The number of nitrogens with zero attached hydrogens (tertiary/aromatic N) is 2. The van der Waals surface area contributed by atoms with E-state index < -0.39 is 0 Å². The molecule has 0 amide bonds. The molecular formula is C15H19N3. The Balaban J connectivity index is 1.77. The summed E-state index contributed by atoms with van der Waals surface area (Å²) in [5.74, 6) is 2.05. The van der Waals surface area contributed by atoms with Crippen molar-refractivity contribution in [2.24, 2.45) is 0 Å². The maximum Gasteiger partial charge on any atom is 0.113 e. The van der Waals surface area contributed by atoms with Crippen LogP contribution in [0.5, 0.6) is 0 Å². The van der Waals surface area contributed by atoms with Crippen LogP contribution in [0.2, 0.25) is 0 Å². The molecule has 1 aromatic heterocycles. The molecule has 1 aromatic carbocycles. The summed E-state index contributed by atoms with van der Waals surface area (Å²) in [4.78, 5) is 4.85. The van der Waals surface area contributed by atoms with Crippen LogP contribution in [0.15, 0.2) is 24.3 Å². The van der Waals surface area contributed by atoms with Crippen LogP contribution in [0.25, 0.3) is 11.0 Å². The third kappa shape index (κ3) is 1.74. The van der Waals surface area contributed by atoms with Gasteiger partial charge in [-0.05, 0) is 44.4 Å². The third-order valence-electron chi connectivity index (χ3n) is 4.19. The molecule has 1 saturated heterocycles. The summed E-state index contributed by atoms with van der Waals surface area (Å²) in [5.41, 5.74) is 2.48. The number of fused-ring (bicyclic) bond motifs is 1. The first-order valence-corrected chi connectivity index (χ1v) is 7.10. The monoisotopic (exact) mass is 241 g/mol. The zero-order chi connectivity index (χ0) is 11.9. The average molecular weight is 241 g/mol. The second-order valence-corrected chi connectivity index (χ2v) is 5.64. The number of rotatable bonds is 3. The molecule has 2 aromatic rings. The smallest absolute Gasteiger partial charge is 0.113 e. The van der Waals surface area contributed by atoms with Gasteiger partial charge in [0.25, 0.3) is 0 Å². The average Bonchev–Trinajstić information content (AvgIpc) is 2.99. The number of nitrogens with one attached hydrogen (secondary N) is 1. The van der Waals surface area contributed by atoms with E-state index in [4.69, 9.17) is 4.98 Å². The number of hydrogen-bond donors (Lipinski definition) is 1. The van der Waals surface area contributed by atoms with Crippen molar-refractivity contribution in [2.75, 3.05) is 6.54 Å². The van der Waals surface area contributed by atoms with Gasteiger partial charge in [0.2, 0.25) is 0 Å². The SMILES string of the molecule is c1ccc2c(c1)nc(C1CC1)n2CC1CCCN1. The summed E-state index contributed by atoms with van der Waals surface area (Å²) in [7, 11) is 0. The summed E-state index contributed by atoms with van der Waals surface area (Å²) < 4.78 is 2.47. The minimum atomic E-state index is 0.639. The molecule has 0 spiro atoms. The Morgan fingerprint density at radius 3 is 2.89 bits per heavy atom. The van der Waals surface area contributed by atoms with E-state index in [2.05, 4.69) is 34.1 Å². The lowest BCUT2D eigenvalue weighted by Crippen LogP contribution is -2.27. The van der Waals surface area contributed by atoms with E-state index in [0.717, 1.165) is 18.0 Å². The molecule has 94 valence electrons. The van der Waals surface area contributed by atoms with Gasteiger partial charge in [-0.1, -0.05) is 12.1 Å². The van der Waals surface area contributed by atoms with Crippen LogP contribution in [-0.4, -0.2) is 22.1 Å². The molecule has 2 fully saturated rings. The molecule has 2 aliphatic rings. The highest BCUT2D eigenvalue weighted by molar-refractivity contribution is 5.76. The van der Waals surface area contributed by atoms with E-state index in [9.17, 15) is 0 Å². The van der Waals surface area contributed by atoms with E-state index >= 15 is 0 Å². The molecular weight excluding hydrogens is 222 g/mol. The largest absolute Gasteiger partial charge is 0.326 e. The van der Waals surface area contributed by atoms with Gasteiger partial charge in [-0.3, -0.25) is 0 Å². The molecule has 18 heavy (non-hydrogen) atoms. The topological polar surface area (TPSA) is 29.9 Å². The quantitative estimate of drug-likeness (QED) is 0.895. The van der Waals surface area contributed by atoms with Crippen molar-refractivity contribution in [3.05, 3.63) is 30.1 Å². The molecule has 3 nitrogen and oxygen atoms in total. The van der Waals surface area contributed by atoms with Gasteiger partial charge in [0.05, 0.1) is 11.0 Å². The van der Waals surface area contributed by atoms with Gasteiger partial charge in [-0.15, -0.1) is 0 Å². The first-order chi connectivity index (χ1) is 8.92. The molecule has 3 heteroatoms. The summed E-state index contributed by atoms with van der Waals surface area (Å²) in [6.07, 6.45) is 5.26. The second-order valence-electron chi connectivity index (χ2n) is 5.64. The van der Waals surface area contributed by atoms with Crippen LogP contribution in [0, 0.1) is 0 Å². The fourth-order valence-electron chi connectivity index (χ4n) is 3.07. The van der Waals surface area contributed by atoms with Crippen molar-refractivity contribution in [3.8, 4) is 0 Å². The van der Waals surface area contributed by atoms with Crippen molar-refractivity contribution < 1.29 is 0 Å². The highest BCUT2D eigenvalue weighted by atomic mass is 15.1. The number of para-hydroxylation sites is 2. The molecule has 1 N–H and O–H groups in total. The zero-order valence-electron chi connectivity index (χ0n) is 10.6. The molecule has 1 aliphatic heterocycles.